The van der Waals surface area contributed by atoms with Crippen LogP contribution in [-0.2, 0) is 13.1 Å². The first-order valence-corrected chi connectivity index (χ1v) is 8.32. The van der Waals surface area contributed by atoms with E-state index in [4.69, 9.17) is 0 Å². The molecule has 0 aromatic carbocycles. The zero-order chi connectivity index (χ0) is 13.3. The molecule has 0 amide bonds. The highest BCUT2D eigenvalue weighted by Gasteiger charge is 2.25. The van der Waals surface area contributed by atoms with Crippen molar-refractivity contribution in [2.24, 2.45) is 5.92 Å². The van der Waals surface area contributed by atoms with E-state index in [1.165, 1.54) is 23.1 Å². The summed E-state index contributed by atoms with van der Waals surface area (Å²) < 4.78 is 3.29. The van der Waals surface area contributed by atoms with Crippen LogP contribution < -0.4 is 0 Å². The Bertz CT molecular complexity index is 417. The van der Waals surface area contributed by atoms with E-state index in [1.807, 2.05) is 0 Å². The summed E-state index contributed by atoms with van der Waals surface area (Å²) >= 11 is 7.44. The average molecular weight is 379 g/mol. The van der Waals surface area contributed by atoms with E-state index < -0.39 is 0 Å². The fourth-order valence-corrected chi connectivity index (χ4v) is 3.36. The summed E-state index contributed by atoms with van der Waals surface area (Å²) in [6.07, 6.45) is 1.23. The van der Waals surface area contributed by atoms with Crippen LogP contribution in [0.2, 0.25) is 0 Å². The van der Waals surface area contributed by atoms with E-state index in [1.54, 1.807) is 0 Å². The van der Waals surface area contributed by atoms with E-state index in [2.05, 4.69) is 67.3 Å². The molecule has 0 bridgehead atoms. The summed E-state index contributed by atoms with van der Waals surface area (Å²) in [5, 5.41) is 4.56. The molecule has 1 fully saturated rings. The highest BCUT2D eigenvalue weighted by atomic mass is 79.9. The first-order valence-electron chi connectivity index (χ1n) is 6.61. The number of likely N-dealkylation sites (tertiary alicyclic amines) is 1. The van der Waals surface area contributed by atoms with Gasteiger partial charge in [0.15, 0.2) is 0 Å². The molecule has 5 heteroatoms. The lowest BCUT2D eigenvalue weighted by atomic mass is 10.00. The minimum absolute atomic E-state index is 0.676. The second-order valence-electron chi connectivity index (χ2n) is 5.18. The third-order valence-corrected chi connectivity index (χ3v) is 6.10. The number of piperidine rings is 1. The van der Waals surface area contributed by atoms with E-state index in [9.17, 15) is 0 Å². The van der Waals surface area contributed by atoms with Gasteiger partial charge in [0.25, 0.3) is 0 Å². The smallest absolute Gasteiger partial charge is 0.0739 e. The Morgan fingerprint density at radius 3 is 2.78 bits per heavy atom. The van der Waals surface area contributed by atoms with Crippen LogP contribution in [0.5, 0.6) is 0 Å². The Kier molecular flexibility index (Phi) is 4.89. The molecule has 0 saturated carbocycles. The van der Waals surface area contributed by atoms with Gasteiger partial charge in [0.05, 0.1) is 15.9 Å². The van der Waals surface area contributed by atoms with Crippen molar-refractivity contribution >= 4 is 31.9 Å². The standard InChI is InChI=1S/C13H21Br2N3/c1-4-18-12(13(15)10(3)16-18)8-17-6-5-11(14)9(2)7-17/h9,11H,4-8H2,1-3H3. The summed E-state index contributed by atoms with van der Waals surface area (Å²) in [7, 11) is 0. The fraction of sp³-hybridized carbons (Fsp3) is 0.769. The van der Waals surface area contributed by atoms with Gasteiger partial charge in [-0.05, 0) is 48.7 Å². The van der Waals surface area contributed by atoms with Gasteiger partial charge >= 0.3 is 0 Å². The predicted molar refractivity (Wildman–Crippen MR) is 82.1 cm³/mol. The van der Waals surface area contributed by atoms with Gasteiger partial charge in [-0.2, -0.15) is 5.10 Å². The highest BCUT2D eigenvalue weighted by molar-refractivity contribution is 9.10. The van der Waals surface area contributed by atoms with Crippen molar-refractivity contribution in [2.45, 2.75) is 45.1 Å². The van der Waals surface area contributed by atoms with Gasteiger partial charge in [0.2, 0.25) is 0 Å². The molecule has 2 atom stereocenters. The van der Waals surface area contributed by atoms with Crippen molar-refractivity contribution in [3.05, 3.63) is 15.9 Å². The predicted octanol–water partition coefficient (Wildman–Crippen LogP) is 3.58. The van der Waals surface area contributed by atoms with Crippen molar-refractivity contribution in [3.8, 4) is 0 Å². The molecule has 102 valence electrons. The maximum absolute atomic E-state index is 4.56. The number of alkyl halides is 1. The van der Waals surface area contributed by atoms with E-state index >= 15 is 0 Å². The summed E-state index contributed by atoms with van der Waals surface area (Å²) in [6.45, 7) is 10.8. The lowest BCUT2D eigenvalue weighted by Crippen LogP contribution is -2.39. The first-order chi connectivity index (χ1) is 8.52. The topological polar surface area (TPSA) is 21.1 Å². The zero-order valence-electron chi connectivity index (χ0n) is 11.3. The molecule has 1 aliphatic heterocycles. The Morgan fingerprint density at radius 2 is 2.17 bits per heavy atom. The molecule has 1 aliphatic rings. The summed E-state index contributed by atoms with van der Waals surface area (Å²) in [4.78, 5) is 3.21. The summed E-state index contributed by atoms with van der Waals surface area (Å²) in [5.41, 5.74) is 2.41. The molecule has 3 nitrogen and oxygen atoms in total. The van der Waals surface area contributed by atoms with Crippen LogP contribution in [0.1, 0.15) is 31.7 Å². The molecule has 0 spiro atoms. The molecule has 1 aromatic heterocycles. The van der Waals surface area contributed by atoms with Crippen LogP contribution in [0.4, 0.5) is 0 Å². The van der Waals surface area contributed by atoms with Gasteiger partial charge in [0, 0.05) is 24.5 Å². The molecule has 2 unspecified atom stereocenters. The molecule has 18 heavy (non-hydrogen) atoms. The van der Waals surface area contributed by atoms with Crippen molar-refractivity contribution in [3.63, 3.8) is 0 Å². The van der Waals surface area contributed by atoms with E-state index in [0.29, 0.717) is 4.83 Å². The van der Waals surface area contributed by atoms with E-state index in [0.717, 1.165) is 31.2 Å². The van der Waals surface area contributed by atoms with Gasteiger partial charge in [-0.1, -0.05) is 22.9 Å². The van der Waals surface area contributed by atoms with Crippen molar-refractivity contribution in [1.82, 2.24) is 14.7 Å². The van der Waals surface area contributed by atoms with Crippen LogP contribution in [0.3, 0.4) is 0 Å². The van der Waals surface area contributed by atoms with Crippen LogP contribution in [0, 0.1) is 12.8 Å². The van der Waals surface area contributed by atoms with Crippen LogP contribution in [-0.4, -0.2) is 32.6 Å². The number of rotatable bonds is 3. The molecule has 0 N–H and O–H groups in total. The second-order valence-corrected chi connectivity index (χ2v) is 7.15. The van der Waals surface area contributed by atoms with Crippen LogP contribution in [0.25, 0.3) is 0 Å². The molecule has 2 heterocycles. The van der Waals surface area contributed by atoms with Crippen molar-refractivity contribution in [2.75, 3.05) is 13.1 Å². The van der Waals surface area contributed by atoms with Gasteiger partial charge < -0.3 is 0 Å². The molecular weight excluding hydrogens is 358 g/mol. The highest BCUT2D eigenvalue weighted by Crippen LogP contribution is 2.27. The molecule has 0 radical (unpaired) electrons. The number of hydrogen-bond acceptors (Lipinski definition) is 2. The third kappa shape index (κ3) is 2.99. The number of aromatic nitrogens is 2. The lowest BCUT2D eigenvalue weighted by molar-refractivity contribution is 0.179. The molecule has 1 saturated heterocycles. The maximum Gasteiger partial charge on any atom is 0.0739 e. The third-order valence-electron chi connectivity index (χ3n) is 3.71. The summed E-state index contributed by atoms with van der Waals surface area (Å²) in [6, 6.07) is 0. The molecule has 0 aliphatic carbocycles. The number of aryl methyl sites for hydroxylation is 2. The number of nitrogens with zero attached hydrogens (tertiary/aromatic N) is 3. The second kappa shape index (κ2) is 6.06. The molecular formula is C13H21Br2N3. The lowest BCUT2D eigenvalue weighted by Gasteiger charge is -2.34. The zero-order valence-corrected chi connectivity index (χ0v) is 14.5. The van der Waals surface area contributed by atoms with Gasteiger partial charge in [-0.3, -0.25) is 9.58 Å². The number of hydrogen-bond donors (Lipinski definition) is 0. The SMILES string of the molecule is CCn1nc(C)c(Br)c1CN1CCC(Br)C(C)C1. The molecule has 1 aromatic rings. The van der Waals surface area contributed by atoms with Crippen LogP contribution in [0.15, 0.2) is 4.47 Å². The Hall–Kier alpha value is 0.130. The van der Waals surface area contributed by atoms with Crippen molar-refractivity contribution in [1.29, 1.82) is 0 Å². The maximum atomic E-state index is 4.56. The van der Waals surface area contributed by atoms with Gasteiger partial charge in [-0.15, -0.1) is 0 Å². The summed E-state index contributed by atoms with van der Waals surface area (Å²) in [5.74, 6) is 0.719. The number of halogens is 2. The van der Waals surface area contributed by atoms with Crippen molar-refractivity contribution < 1.29 is 0 Å². The minimum Gasteiger partial charge on any atom is -0.297 e. The monoisotopic (exact) mass is 377 g/mol. The van der Waals surface area contributed by atoms with Crippen LogP contribution >= 0.6 is 31.9 Å². The van der Waals surface area contributed by atoms with Gasteiger partial charge in [-0.25, -0.2) is 0 Å². The van der Waals surface area contributed by atoms with Gasteiger partial charge in [0.1, 0.15) is 0 Å². The minimum atomic E-state index is 0.676. The average Bonchev–Trinajstić information content (AvgIpc) is 2.61. The molecule has 2 rings (SSSR count). The quantitative estimate of drug-likeness (QED) is 0.749. The Labute approximate surface area is 126 Å². The first kappa shape index (κ1) is 14.5. The Balaban J connectivity index is 2.10. The fourth-order valence-electron chi connectivity index (χ4n) is 2.58. The largest absolute Gasteiger partial charge is 0.297 e. The normalized spacial score (nSPS) is 25.6. The van der Waals surface area contributed by atoms with E-state index in [-0.39, 0.29) is 0 Å². The Morgan fingerprint density at radius 1 is 1.44 bits per heavy atom.